The maximum absolute atomic E-state index is 13.2. The van der Waals surface area contributed by atoms with Gasteiger partial charge in [-0.3, -0.25) is 4.79 Å². The maximum Gasteiger partial charge on any atom is 0.253 e. The van der Waals surface area contributed by atoms with Crippen molar-refractivity contribution in [1.29, 1.82) is 0 Å². The molecule has 17 heavy (non-hydrogen) atoms. The number of hydrogen-bond acceptors (Lipinski definition) is 3. The highest BCUT2D eigenvalue weighted by molar-refractivity contribution is 7.98. The summed E-state index contributed by atoms with van der Waals surface area (Å²) in [6.45, 7) is 2.61. The number of nitrogen functional groups attached to an aromatic ring is 1. The Hall–Kier alpha value is -1.23. The molecule has 0 saturated heterocycles. The number of nitrogens with two attached hydrogens (primary N) is 1. The molecule has 3 N–H and O–H groups in total. The third-order valence-electron chi connectivity index (χ3n) is 2.36. The lowest BCUT2D eigenvalue weighted by atomic mass is 10.1. The van der Waals surface area contributed by atoms with Gasteiger partial charge in [0.15, 0.2) is 0 Å². The summed E-state index contributed by atoms with van der Waals surface area (Å²) in [5.74, 6) is 0.465. The predicted molar refractivity (Wildman–Crippen MR) is 70.7 cm³/mol. The Morgan fingerprint density at radius 3 is 2.94 bits per heavy atom. The second-order valence-corrected chi connectivity index (χ2v) is 4.88. The fourth-order valence-electron chi connectivity index (χ4n) is 1.44. The molecule has 0 fully saturated rings. The number of carbonyl (C=O) groups is 1. The molecule has 3 nitrogen and oxygen atoms in total. The van der Waals surface area contributed by atoms with Crippen molar-refractivity contribution in [1.82, 2.24) is 5.32 Å². The molecule has 0 aliphatic rings. The summed E-state index contributed by atoms with van der Waals surface area (Å²) in [6, 6.07) is 4.24. The van der Waals surface area contributed by atoms with Gasteiger partial charge in [0.2, 0.25) is 0 Å². The van der Waals surface area contributed by atoms with Crippen molar-refractivity contribution in [3.8, 4) is 0 Å². The van der Waals surface area contributed by atoms with Gasteiger partial charge in [-0.25, -0.2) is 4.39 Å². The van der Waals surface area contributed by atoms with E-state index in [0.717, 1.165) is 5.75 Å². The highest BCUT2D eigenvalue weighted by Gasteiger charge is 2.12. The number of para-hydroxylation sites is 1. The van der Waals surface area contributed by atoms with Crippen LogP contribution in [-0.4, -0.2) is 24.5 Å². The molecule has 0 bridgehead atoms. The van der Waals surface area contributed by atoms with Crippen molar-refractivity contribution in [2.45, 2.75) is 6.92 Å². The molecule has 1 atom stereocenters. The van der Waals surface area contributed by atoms with Gasteiger partial charge in [0.1, 0.15) is 5.82 Å². The zero-order valence-corrected chi connectivity index (χ0v) is 10.8. The van der Waals surface area contributed by atoms with Crippen molar-refractivity contribution in [3.05, 3.63) is 29.6 Å². The van der Waals surface area contributed by atoms with Crippen LogP contribution in [0.1, 0.15) is 17.3 Å². The Morgan fingerprint density at radius 2 is 2.29 bits per heavy atom. The number of benzene rings is 1. The molecule has 0 heterocycles. The summed E-state index contributed by atoms with van der Waals surface area (Å²) in [7, 11) is 0. The van der Waals surface area contributed by atoms with E-state index in [1.165, 1.54) is 18.2 Å². The molecule has 1 aromatic carbocycles. The molecule has 0 aromatic heterocycles. The van der Waals surface area contributed by atoms with Gasteiger partial charge in [-0.05, 0) is 30.1 Å². The number of amides is 1. The van der Waals surface area contributed by atoms with Gasteiger partial charge in [0.05, 0.1) is 11.3 Å². The Morgan fingerprint density at radius 1 is 1.59 bits per heavy atom. The van der Waals surface area contributed by atoms with Crippen LogP contribution in [0.3, 0.4) is 0 Å². The molecular weight excluding hydrogens is 239 g/mol. The van der Waals surface area contributed by atoms with E-state index in [1.807, 2.05) is 13.2 Å². The van der Waals surface area contributed by atoms with E-state index in [1.54, 1.807) is 11.8 Å². The monoisotopic (exact) mass is 256 g/mol. The van der Waals surface area contributed by atoms with Crippen molar-refractivity contribution >= 4 is 23.4 Å². The first kappa shape index (κ1) is 13.8. The van der Waals surface area contributed by atoms with E-state index >= 15 is 0 Å². The molecule has 1 rings (SSSR count). The van der Waals surface area contributed by atoms with Crippen LogP contribution in [0.15, 0.2) is 18.2 Å². The zero-order valence-electron chi connectivity index (χ0n) is 10.00. The normalized spacial score (nSPS) is 12.2. The van der Waals surface area contributed by atoms with Crippen LogP contribution in [0.25, 0.3) is 0 Å². The molecule has 94 valence electrons. The van der Waals surface area contributed by atoms with Crippen LogP contribution in [0.4, 0.5) is 10.1 Å². The van der Waals surface area contributed by atoms with Gasteiger partial charge in [0.25, 0.3) is 5.91 Å². The minimum atomic E-state index is -0.560. The maximum atomic E-state index is 13.2. The van der Waals surface area contributed by atoms with E-state index in [-0.39, 0.29) is 17.2 Å². The number of halogens is 1. The van der Waals surface area contributed by atoms with Crippen LogP contribution < -0.4 is 11.1 Å². The van der Waals surface area contributed by atoms with Gasteiger partial charge in [0, 0.05) is 6.54 Å². The van der Waals surface area contributed by atoms with Gasteiger partial charge in [-0.2, -0.15) is 11.8 Å². The highest BCUT2D eigenvalue weighted by atomic mass is 32.2. The third-order valence-corrected chi connectivity index (χ3v) is 3.26. The van der Waals surface area contributed by atoms with E-state index in [0.29, 0.717) is 12.5 Å². The van der Waals surface area contributed by atoms with Crippen LogP contribution >= 0.6 is 11.8 Å². The molecule has 0 aliphatic carbocycles. The fourth-order valence-corrected chi connectivity index (χ4v) is 2.13. The Bertz CT molecular complexity index is 398. The number of thioether (sulfide) groups is 1. The van der Waals surface area contributed by atoms with Crippen molar-refractivity contribution in [2.75, 3.05) is 24.3 Å². The zero-order chi connectivity index (χ0) is 12.8. The van der Waals surface area contributed by atoms with Gasteiger partial charge >= 0.3 is 0 Å². The fraction of sp³-hybridized carbons (Fsp3) is 0.417. The molecular formula is C12H17FN2OS. The molecule has 0 spiro atoms. The van der Waals surface area contributed by atoms with Crippen LogP contribution in [0.5, 0.6) is 0 Å². The SMILES string of the molecule is CSCC(C)CNC(=O)c1cccc(F)c1N. The van der Waals surface area contributed by atoms with Crippen molar-refractivity contribution < 1.29 is 9.18 Å². The molecule has 0 radical (unpaired) electrons. The van der Waals surface area contributed by atoms with E-state index in [9.17, 15) is 9.18 Å². The topological polar surface area (TPSA) is 55.1 Å². The lowest BCUT2D eigenvalue weighted by Gasteiger charge is -2.12. The van der Waals surface area contributed by atoms with Crippen LogP contribution in [-0.2, 0) is 0 Å². The smallest absolute Gasteiger partial charge is 0.253 e. The molecule has 1 amide bonds. The summed E-state index contributed by atoms with van der Waals surface area (Å²) < 4.78 is 13.2. The largest absolute Gasteiger partial charge is 0.396 e. The first-order valence-corrected chi connectivity index (χ1v) is 6.76. The minimum absolute atomic E-state index is 0.0949. The first-order chi connectivity index (χ1) is 8.06. The number of nitrogens with one attached hydrogen (secondary N) is 1. The number of hydrogen-bond donors (Lipinski definition) is 2. The van der Waals surface area contributed by atoms with Gasteiger partial charge in [-0.15, -0.1) is 0 Å². The standard InChI is InChI=1S/C12H17FN2OS/c1-8(7-17-2)6-15-12(16)9-4-3-5-10(13)11(9)14/h3-5,8H,6-7,14H2,1-2H3,(H,15,16). The first-order valence-electron chi connectivity index (χ1n) is 5.37. The summed E-state index contributed by atoms with van der Waals surface area (Å²) in [5, 5.41) is 2.75. The summed E-state index contributed by atoms with van der Waals surface area (Å²) in [5.41, 5.74) is 5.61. The summed E-state index contributed by atoms with van der Waals surface area (Å²) in [4.78, 5) is 11.8. The average molecular weight is 256 g/mol. The lowest BCUT2D eigenvalue weighted by Crippen LogP contribution is -2.29. The van der Waals surface area contributed by atoms with Crippen molar-refractivity contribution in [2.24, 2.45) is 5.92 Å². The minimum Gasteiger partial charge on any atom is -0.396 e. The third kappa shape index (κ3) is 3.93. The van der Waals surface area contributed by atoms with E-state index < -0.39 is 5.82 Å². The Labute approximate surface area is 105 Å². The number of carbonyl (C=O) groups excluding carboxylic acids is 1. The summed E-state index contributed by atoms with van der Waals surface area (Å²) >= 11 is 1.73. The van der Waals surface area contributed by atoms with E-state index in [4.69, 9.17) is 5.73 Å². The lowest BCUT2D eigenvalue weighted by molar-refractivity contribution is 0.0950. The predicted octanol–water partition coefficient (Wildman–Crippen LogP) is 2.14. The molecule has 1 aromatic rings. The second-order valence-electron chi connectivity index (χ2n) is 3.97. The van der Waals surface area contributed by atoms with Crippen molar-refractivity contribution in [3.63, 3.8) is 0 Å². The van der Waals surface area contributed by atoms with Crippen LogP contribution in [0, 0.1) is 11.7 Å². The second kappa shape index (κ2) is 6.49. The molecule has 0 saturated carbocycles. The highest BCUT2D eigenvalue weighted by Crippen LogP contribution is 2.15. The number of anilines is 1. The molecule has 5 heteroatoms. The number of rotatable bonds is 5. The van der Waals surface area contributed by atoms with Crippen LogP contribution in [0.2, 0.25) is 0 Å². The molecule has 1 unspecified atom stereocenters. The van der Waals surface area contributed by atoms with E-state index in [2.05, 4.69) is 5.32 Å². The Kier molecular flexibility index (Phi) is 5.28. The Balaban J connectivity index is 2.61. The average Bonchev–Trinajstić information content (AvgIpc) is 2.30. The van der Waals surface area contributed by atoms with Gasteiger partial charge < -0.3 is 11.1 Å². The quantitative estimate of drug-likeness (QED) is 0.794. The molecule has 0 aliphatic heterocycles. The van der Waals surface area contributed by atoms with Gasteiger partial charge in [-0.1, -0.05) is 13.0 Å². The summed E-state index contributed by atoms with van der Waals surface area (Å²) in [6.07, 6.45) is 2.02.